The lowest BCUT2D eigenvalue weighted by atomic mass is 10.0. The number of ether oxygens (including phenoxy) is 1. The van der Waals surface area contributed by atoms with Crippen molar-refractivity contribution in [3.8, 4) is 5.75 Å². The number of aromatic nitrogens is 1. The van der Waals surface area contributed by atoms with Crippen molar-refractivity contribution in [2.75, 3.05) is 39.8 Å². The number of benzene rings is 1. The van der Waals surface area contributed by atoms with Crippen LogP contribution in [0.1, 0.15) is 10.4 Å². The molecule has 0 bridgehead atoms. The number of hydrogen-bond acceptors (Lipinski definition) is 5. The van der Waals surface area contributed by atoms with Crippen LogP contribution in [-0.4, -0.2) is 55.5 Å². The van der Waals surface area contributed by atoms with Crippen LogP contribution in [0.2, 0.25) is 0 Å². The van der Waals surface area contributed by atoms with Crippen LogP contribution < -0.4 is 10.1 Å². The molecule has 21 heavy (non-hydrogen) atoms. The van der Waals surface area contributed by atoms with Gasteiger partial charge in [-0.1, -0.05) is 6.07 Å². The first-order chi connectivity index (χ1) is 10.3. The van der Waals surface area contributed by atoms with Crippen LogP contribution in [-0.2, 0) is 0 Å². The number of methoxy groups -OCH3 is 1. The van der Waals surface area contributed by atoms with Crippen molar-refractivity contribution >= 4 is 16.7 Å². The molecule has 1 saturated heterocycles. The lowest BCUT2D eigenvalue weighted by Gasteiger charge is -2.26. The van der Waals surface area contributed by atoms with Gasteiger partial charge in [-0.3, -0.25) is 14.7 Å². The largest absolute Gasteiger partial charge is 0.494 e. The van der Waals surface area contributed by atoms with Crippen LogP contribution in [0.4, 0.5) is 0 Å². The molecular formula is C16H19N3O2. The zero-order valence-corrected chi connectivity index (χ0v) is 12.1. The minimum absolute atomic E-state index is 0.137. The van der Waals surface area contributed by atoms with Crippen molar-refractivity contribution in [1.82, 2.24) is 15.2 Å². The molecule has 0 radical (unpaired) electrons. The van der Waals surface area contributed by atoms with Gasteiger partial charge in [0.25, 0.3) is 0 Å². The Bertz CT molecular complexity index is 651. The molecule has 2 heterocycles. The van der Waals surface area contributed by atoms with E-state index in [1.165, 1.54) is 0 Å². The summed E-state index contributed by atoms with van der Waals surface area (Å²) < 4.78 is 5.32. The third kappa shape index (κ3) is 2.89. The van der Waals surface area contributed by atoms with E-state index >= 15 is 0 Å². The number of carbonyl (C=O) groups is 1. The molecule has 0 amide bonds. The molecule has 3 rings (SSSR count). The predicted molar refractivity (Wildman–Crippen MR) is 81.9 cm³/mol. The van der Waals surface area contributed by atoms with Crippen molar-refractivity contribution in [2.45, 2.75) is 0 Å². The van der Waals surface area contributed by atoms with E-state index in [0.717, 1.165) is 42.6 Å². The summed E-state index contributed by atoms with van der Waals surface area (Å²) in [6.07, 6.45) is 1.72. The number of pyridine rings is 1. The quantitative estimate of drug-likeness (QED) is 0.859. The van der Waals surface area contributed by atoms with Crippen LogP contribution in [0, 0.1) is 0 Å². The fraction of sp³-hybridized carbons (Fsp3) is 0.375. The molecule has 0 aliphatic carbocycles. The summed E-state index contributed by atoms with van der Waals surface area (Å²) in [7, 11) is 1.62. The molecular weight excluding hydrogens is 266 g/mol. The van der Waals surface area contributed by atoms with E-state index < -0.39 is 0 Å². The summed E-state index contributed by atoms with van der Waals surface area (Å²) in [5.41, 5.74) is 1.46. The summed E-state index contributed by atoms with van der Waals surface area (Å²) in [4.78, 5) is 19.1. The van der Waals surface area contributed by atoms with E-state index in [0.29, 0.717) is 12.3 Å². The van der Waals surface area contributed by atoms with Gasteiger partial charge in [-0.15, -0.1) is 0 Å². The molecule has 110 valence electrons. The first-order valence-corrected chi connectivity index (χ1v) is 7.17. The summed E-state index contributed by atoms with van der Waals surface area (Å²) in [5, 5.41) is 4.15. The Hall–Kier alpha value is -1.98. The van der Waals surface area contributed by atoms with Gasteiger partial charge in [0.15, 0.2) is 5.78 Å². The predicted octanol–water partition coefficient (Wildman–Crippen LogP) is 1.33. The molecule has 5 heteroatoms. The van der Waals surface area contributed by atoms with Gasteiger partial charge in [0.2, 0.25) is 0 Å². The first kappa shape index (κ1) is 14.0. The van der Waals surface area contributed by atoms with Gasteiger partial charge in [0.05, 0.1) is 13.7 Å². The molecule has 0 unspecified atom stereocenters. The monoisotopic (exact) mass is 285 g/mol. The molecule has 5 nitrogen and oxygen atoms in total. The molecule has 1 N–H and O–H groups in total. The molecule has 2 aromatic rings. The number of ketones is 1. The van der Waals surface area contributed by atoms with E-state index in [1.54, 1.807) is 13.3 Å². The van der Waals surface area contributed by atoms with Gasteiger partial charge in [0.1, 0.15) is 11.3 Å². The second kappa shape index (κ2) is 6.20. The van der Waals surface area contributed by atoms with Crippen LogP contribution in [0.3, 0.4) is 0 Å². The molecule has 0 saturated carbocycles. The van der Waals surface area contributed by atoms with Gasteiger partial charge in [0, 0.05) is 43.3 Å². The summed E-state index contributed by atoms with van der Waals surface area (Å²) in [5.74, 6) is 0.835. The molecule has 1 aromatic heterocycles. The van der Waals surface area contributed by atoms with E-state index in [2.05, 4.69) is 15.2 Å². The lowest BCUT2D eigenvalue weighted by molar-refractivity contribution is 0.0923. The number of carbonyl (C=O) groups excluding carboxylic acids is 1. The smallest absolute Gasteiger partial charge is 0.177 e. The van der Waals surface area contributed by atoms with E-state index in [9.17, 15) is 4.79 Å². The third-order valence-electron chi connectivity index (χ3n) is 3.83. The van der Waals surface area contributed by atoms with Gasteiger partial charge >= 0.3 is 0 Å². The Kier molecular flexibility index (Phi) is 4.13. The third-order valence-corrected chi connectivity index (χ3v) is 3.83. The Morgan fingerprint density at radius 1 is 1.33 bits per heavy atom. The van der Waals surface area contributed by atoms with Crippen LogP contribution in [0.5, 0.6) is 5.75 Å². The van der Waals surface area contributed by atoms with Gasteiger partial charge in [-0.25, -0.2) is 0 Å². The molecule has 1 fully saturated rings. The minimum atomic E-state index is 0.137. The molecule has 0 spiro atoms. The zero-order chi connectivity index (χ0) is 14.7. The van der Waals surface area contributed by atoms with Crippen molar-refractivity contribution in [1.29, 1.82) is 0 Å². The summed E-state index contributed by atoms with van der Waals surface area (Å²) >= 11 is 0. The standard InChI is InChI=1S/C16H19N3O2/c1-21-15-5-4-12(13-3-2-6-18-16(13)15)14(20)11-19-9-7-17-8-10-19/h2-6,17H,7-11H2,1H3. The second-order valence-electron chi connectivity index (χ2n) is 5.16. The van der Waals surface area contributed by atoms with Crippen molar-refractivity contribution in [3.05, 3.63) is 36.0 Å². The first-order valence-electron chi connectivity index (χ1n) is 7.17. The van der Waals surface area contributed by atoms with E-state index in [1.807, 2.05) is 24.3 Å². The molecule has 1 aliphatic heterocycles. The zero-order valence-electron chi connectivity index (χ0n) is 12.1. The Balaban J connectivity index is 1.91. The number of nitrogens with one attached hydrogen (secondary N) is 1. The SMILES string of the molecule is COc1ccc(C(=O)CN2CCNCC2)c2cccnc12. The van der Waals surface area contributed by atoms with Crippen molar-refractivity contribution in [3.63, 3.8) is 0 Å². The van der Waals surface area contributed by atoms with Gasteiger partial charge in [-0.05, 0) is 18.2 Å². The maximum Gasteiger partial charge on any atom is 0.177 e. The number of piperazine rings is 1. The topological polar surface area (TPSA) is 54.5 Å². The van der Waals surface area contributed by atoms with Gasteiger partial charge in [-0.2, -0.15) is 0 Å². The Labute approximate surface area is 123 Å². The lowest BCUT2D eigenvalue weighted by Crippen LogP contribution is -2.45. The molecule has 1 aliphatic rings. The fourth-order valence-corrected chi connectivity index (χ4v) is 2.71. The average Bonchev–Trinajstić information content (AvgIpc) is 2.54. The number of Topliss-reactive ketones (excluding diaryl/α,β-unsaturated/α-hetero) is 1. The highest BCUT2D eigenvalue weighted by molar-refractivity contribution is 6.09. The van der Waals surface area contributed by atoms with Crippen molar-refractivity contribution in [2.24, 2.45) is 0 Å². The summed E-state index contributed by atoms with van der Waals surface area (Å²) in [6, 6.07) is 7.44. The molecule has 1 aromatic carbocycles. The average molecular weight is 285 g/mol. The number of rotatable bonds is 4. The van der Waals surface area contributed by atoms with E-state index in [-0.39, 0.29) is 5.78 Å². The van der Waals surface area contributed by atoms with E-state index in [4.69, 9.17) is 4.74 Å². The number of nitrogens with zero attached hydrogens (tertiary/aromatic N) is 2. The fourth-order valence-electron chi connectivity index (χ4n) is 2.71. The summed E-state index contributed by atoms with van der Waals surface area (Å²) in [6.45, 7) is 4.17. The van der Waals surface area contributed by atoms with Gasteiger partial charge < -0.3 is 10.1 Å². The molecule has 0 atom stereocenters. The normalized spacial score (nSPS) is 16.0. The number of fused-ring (bicyclic) bond motifs is 1. The Morgan fingerprint density at radius 3 is 2.90 bits per heavy atom. The maximum absolute atomic E-state index is 12.6. The van der Waals surface area contributed by atoms with Crippen molar-refractivity contribution < 1.29 is 9.53 Å². The maximum atomic E-state index is 12.6. The highest BCUT2D eigenvalue weighted by atomic mass is 16.5. The Morgan fingerprint density at radius 2 is 2.14 bits per heavy atom. The van der Waals surface area contributed by atoms with Crippen LogP contribution >= 0.6 is 0 Å². The number of hydrogen-bond donors (Lipinski definition) is 1. The highest BCUT2D eigenvalue weighted by Crippen LogP contribution is 2.26. The highest BCUT2D eigenvalue weighted by Gasteiger charge is 2.18. The van der Waals surface area contributed by atoms with Crippen LogP contribution in [0.15, 0.2) is 30.5 Å². The van der Waals surface area contributed by atoms with Crippen LogP contribution in [0.25, 0.3) is 10.9 Å². The minimum Gasteiger partial charge on any atom is -0.494 e. The second-order valence-corrected chi connectivity index (χ2v) is 5.16.